The van der Waals surface area contributed by atoms with Gasteiger partial charge in [-0.25, -0.2) is 0 Å². The number of phenolic OH excluding ortho intramolecular Hbond substituents is 1. The highest BCUT2D eigenvalue weighted by Gasteiger charge is 1.90. The molecule has 0 amide bonds. The Hall–Kier alpha value is -2.20. The number of benzene rings is 2. The molecule has 0 atom stereocenters. The van der Waals surface area contributed by atoms with E-state index in [0.717, 1.165) is 11.4 Å². The van der Waals surface area contributed by atoms with Gasteiger partial charge in [0.15, 0.2) is 0 Å². The third-order valence-corrected chi connectivity index (χ3v) is 1.89. The van der Waals surface area contributed by atoms with Crippen molar-refractivity contribution in [2.75, 3.05) is 6.61 Å². The summed E-state index contributed by atoms with van der Waals surface area (Å²) in [4.78, 5) is 0. The second-order valence-electron chi connectivity index (χ2n) is 3.37. The number of aromatic hydroxyl groups is 1. The summed E-state index contributed by atoms with van der Waals surface area (Å²) in [6.45, 7) is 1.93. The van der Waals surface area contributed by atoms with Crippen LogP contribution in [0, 0.1) is 0 Å². The fourth-order valence-electron chi connectivity index (χ4n) is 1.13. The number of rotatable bonds is 2. The predicted molar refractivity (Wildman–Crippen MR) is 71.5 cm³/mol. The van der Waals surface area contributed by atoms with Crippen LogP contribution in [0.2, 0.25) is 0 Å². The molecular formula is C14H16N2O2. The van der Waals surface area contributed by atoms with E-state index in [1.807, 2.05) is 30.3 Å². The first kappa shape index (κ1) is 13.9. The van der Waals surface area contributed by atoms with Crippen molar-refractivity contribution >= 4 is 11.4 Å². The molecule has 0 aliphatic rings. The summed E-state index contributed by atoms with van der Waals surface area (Å²) in [6, 6.07) is 16.1. The molecule has 0 fully saturated rings. The van der Waals surface area contributed by atoms with Crippen molar-refractivity contribution in [2.45, 2.75) is 6.92 Å². The van der Waals surface area contributed by atoms with E-state index in [2.05, 4.69) is 10.2 Å². The van der Waals surface area contributed by atoms with Gasteiger partial charge >= 0.3 is 0 Å². The molecule has 0 aliphatic heterocycles. The molecule has 0 aliphatic carbocycles. The van der Waals surface area contributed by atoms with Crippen LogP contribution >= 0.6 is 0 Å². The number of aliphatic hydroxyl groups is 1. The maximum absolute atomic E-state index is 9.07. The maximum atomic E-state index is 9.07. The molecule has 0 radical (unpaired) electrons. The van der Waals surface area contributed by atoms with Crippen molar-refractivity contribution in [1.82, 2.24) is 0 Å². The van der Waals surface area contributed by atoms with E-state index in [4.69, 9.17) is 10.2 Å². The molecule has 2 aromatic rings. The highest BCUT2D eigenvalue weighted by Crippen LogP contribution is 2.19. The minimum absolute atomic E-state index is 0.230. The fraction of sp³-hybridized carbons (Fsp3) is 0.143. The molecule has 2 aromatic carbocycles. The van der Waals surface area contributed by atoms with Crippen LogP contribution < -0.4 is 0 Å². The lowest BCUT2D eigenvalue weighted by molar-refractivity contribution is 0.318. The van der Waals surface area contributed by atoms with E-state index in [1.54, 1.807) is 31.2 Å². The third-order valence-electron chi connectivity index (χ3n) is 1.89. The first-order valence-electron chi connectivity index (χ1n) is 5.63. The summed E-state index contributed by atoms with van der Waals surface area (Å²) in [7, 11) is 0. The Kier molecular flexibility index (Phi) is 6.14. The van der Waals surface area contributed by atoms with Crippen molar-refractivity contribution in [3.63, 3.8) is 0 Å². The standard InChI is InChI=1S/C12H10N2O.C2H6O/c15-12-8-6-11(7-9-12)14-13-10-4-2-1-3-5-10;1-2-3/h1-9,15H;3H,2H2,1H3. The third kappa shape index (κ3) is 5.23. The van der Waals surface area contributed by atoms with Gasteiger partial charge < -0.3 is 10.2 Å². The number of hydrogen-bond acceptors (Lipinski definition) is 4. The normalized spacial score (nSPS) is 9.89. The quantitative estimate of drug-likeness (QED) is 0.789. The summed E-state index contributed by atoms with van der Waals surface area (Å²) in [6.07, 6.45) is 0. The van der Waals surface area contributed by atoms with E-state index >= 15 is 0 Å². The molecular weight excluding hydrogens is 228 g/mol. The van der Waals surface area contributed by atoms with Crippen LogP contribution in [-0.4, -0.2) is 16.8 Å². The zero-order chi connectivity index (χ0) is 13.2. The Morgan fingerprint density at radius 3 is 1.78 bits per heavy atom. The molecule has 0 saturated carbocycles. The topological polar surface area (TPSA) is 65.2 Å². The number of azo groups is 1. The van der Waals surface area contributed by atoms with Gasteiger partial charge in [0.25, 0.3) is 0 Å². The van der Waals surface area contributed by atoms with Crippen LogP contribution in [-0.2, 0) is 0 Å². The molecule has 0 saturated heterocycles. The summed E-state index contributed by atoms with van der Waals surface area (Å²) < 4.78 is 0. The van der Waals surface area contributed by atoms with Gasteiger partial charge in [0, 0.05) is 6.61 Å². The average Bonchev–Trinajstić information content (AvgIpc) is 2.40. The van der Waals surface area contributed by atoms with Gasteiger partial charge in [-0.15, -0.1) is 0 Å². The Bertz CT molecular complexity index is 467. The summed E-state index contributed by atoms with van der Waals surface area (Å²) in [5, 5.41) is 24.7. The molecule has 4 nitrogen and oxygen atoms in total. The van der Waals surface area contributed by atoms with E-state index in [9.17, 15) is 0 Å². The Morgan fingerprint density at radius 2 is 1.28 bits per heavy atom. The lowest BCUT2D eigenvalue weighted by atomic mass is 10.3. The second-order valence-corrected chi connectivity index (χ2v) is 3.37. The first-order chi connectivity index (χ1) is 8.76. The highest BCUT2D eigenvalue weighted by molar-refractivity contribution is 5.42. The van der Waals surface area contributed by atoms with Crippen LogP contribution in [0.25, 0.3) is 0 Å². The predicted octanol–water partition coefficient (Wildman–Crippen LogP) is 3.81. The van der Waals surface area contributed by atoms with Crippen molar-refractivity contribution in [2.24, 2.45) is 10.2 Å². The molecule has 0 bridgehead atoms. The van der Waals surface area contributed by atoms with E-state index in [-0.39, 0.29) is 12.4 Å². The van der Waals surface area contributed by atoms with Crippen LogP contribution in [0.3, 0.4) is 0 Å². The molecule has 0 aromatic heterocycles. The van der Waals surface area contributed by atoms with E-state index in [1.165, 1.54) is 0 Å². The smallest absolute Gasteiger partial charge is 0.115 e. The molecule has 0 spiro atoms. The number of aliphatic hydroxyl groups excluding tert-OH is 1. The Balaban J connectivity index is 0.000000492. The van der Waals surface area contributed by atoms with Crippen molar-refractivity contribution in [1.29, 1.82) is 0 Å². The van der Waals surface area contributed by atoms with Crippen LogP contribution in [0.4, 0.5) is 11.4 Å². The van der Waals surface area contributed by atoms with Crippen molar-refractivity contribution in [3.05, 3.63) is 54.6 Å². The fourth-order valence-corrected chi connectivity index (χ4v) is 1.13. The van der Waals surface area contributed by atoms with Crippen LogP contribution in [0.1, 0.15) is 6.92 Å². The van der Waals surface area contributed by atoms with Gasteiger partial charge in [-0.2, -0.15) is 10.2 Å². The highest BCUT2D eigenvalue weighted by atomic mass is 16.3. The Morgan fingerprint density at radius 1 is 0.833 bits per heavy atom. The average molecular weight is 244 g/mol. The van der Waals surface area contributed by atoms with E-state index < -0.39 is 0 Å². The number of nitrogens with zero attached hydrogens (tertiary/aromatic N) is 2. The zero-order valence-electron chi connectivity index (χ0n) is 10.2. The van der Waals surface area contributed by atoms with Gasteiger partial charge in [0.2, 0.25) is 0 Å². The lowest BCUT2D eigenvalue weighted by Crippen LogP contribution is -1.64. The van der Waals surface area contributed by atoms with Gasteiger partial charge in [0.1, 0.15) is 5.75 Å². The monoisotopic (exact) mass is 244 g/mol. The molecule has 2 rings (SSSR count). The maximum Gasteiger partial charge on any atom is 0.115 e. The summed E-state index contributed by atoms with van der Waals surface area (Å²) >= 11 is 0. The number of phenols is 1. The lowest BCUT2D eigenvalue weighted by Gasteiger charge is -1.93. The molecule has 0 unspecified atom stereocenters. The number of hydrogen-bond donors (Lipinski definition) is 2. The molecule has 94 valence electrons. The minimum atomic E-state index is 0.230. The summed E-state index contributed by atoms with van der Waals surface area (Å²) in [5.41, 5.74) is 1.53. The van der Waals surface area contributed by atoms with Crippen molar-refractivity contribution in [3.8, 4) is 5.75 Å². The van der Waals surface area contributed by atoms with Gasteiger partial charge in [0.05, 0.1) is 11.4 Å². The second kappa shape index (κ2) is 7.97. The van der Waals surface area contributed by atoms with Crippen LogP contribution in [0.5, 0.6) is 5.75 Å². The molecule has 4 heteroatoms. The summed E-state index contributed by atoms with van der Waals surface area (Å²) in [5.74, 6) is 0.230. The molecule has 0 heterocycles. The largest absolute Gasteiger partial charge is 0.508 e. The molecule has 2 N–H and O–H groups in total. The first-order valence-corrected chi connectivity index (χ1v) is 5.63. The van der Waals surface area contributed by atoms with Crippen molar-refractivity contribution < 1.29 is 10.2 Å². The van der Waals surface area contributed by atoms with Gasteiger partial charge in [-0.05, 0) is 43.3 Å². The SMILES string of the molecule is CCO.Oc1ccc(N=Nc2ccccc2)cc1. The Labute approximate surface area is 106 Å². The van der Waals surface area contributed by atoms with Gasteiger partial charge in [-0.3, -0.25) is 0 Å². The van der Waals surface area contributed by atoms with E-state index in [0.29, 0.717) is 0 Å². The molecule has 18 heavy (non-hydrogen) atoms. The van der Waals surface area contributed by atoms with Gasteiger partial charge in [-0.1, -0.05) is 18.2 Å². The van der Waals surface area contributed by atoms with Crippen LogP contribution in [0.15, 0.2) is 64.8 Å². The zero-order valence-corrected chi connectivity index (χ0v) is 10.2. The minimum Gasteiger partial charge on any atom is -0.508 e.